The largest absolute Gasteiger partial charge is 0.454 e. The first kappa shape index (κ1) is 12.2. The van der Waals surface area contributed by atoms with E-state index in [9.17, 15) is 0 Å². The van der Waals surface area contributed by atoms with E-state index in [1.165, 1.54) is 24.8 Å². The number of fused-ring (bicyclic) bond motifs is 1. The van der Waals surface area contributed by atoms with E-state index >= 15 is 0 Å². The van der Waals surface area contributed by atoms with Gasteiger partial charge in [-0.1, -0.05) is 12.1 Å². The highest BCUT2D eigenvalue weighted by molar-refractivity contribution is 7.99. The van der Waals surface area contributed by atoms with Gasteiger partial charge in [0.15, 0.2) is 11.5 Å². The Kier molecular flexibility index (Phi) is 3.66. The van der Waals surface area contributed by atoms with Crippen LogP contribution in [0.15, 0.2) is 18.2 Å². The number of ether oxygens (including phenoxy) is 2. The van der Waals surface area contributed by atoms with E-state index < -0.39 is 0 Å². The van der Waals surface area contributed by atoms with Crippen LogP contribution in [0.5, 0.6) is 11.5 Å². The fraction of sp³-hybridized carbons (Fsp3) is 0.571. The molecule has 3 nitrogen and oxygen atoms in total. The molecule has 4 heteroatoms. The minimum Gasteiger partial charge on any atom is -0.454 e. The molecule has 0 radical (unpaired) electrons. The number of thioether (sulfide) groups is 1. The van der Waals surface area contributed by atoms with Crippen molar-refractivity contribution in [1.29, 1.82) is 0 Å². The first-order chi connectivity index (χ1) is 8.86. The highest BCUT2D eigenvalue weighted by Crippen LogP contribution is 2.35. The van der Waals surface area contributed by atoms with Gasteiger partial charge in [0.1, 0.15) is 0 Å². The summed E-state index contributed by atoms with van der Waals surface area (Å²) in [7, 11) is 0. The summed E-state index contributed by atoms with van der Waals surface area (Å²) in [6.07, 6.45) is 6.12. The van der Waals surface area contributed by atoms with E-state index in [1.54, 1.807) is 0 Å². The maximum atomic E-state index is 5.52. The molecule has 1 heterocycles. The molecule has 0 saturated heterocycles. The molecule has 1 aliphatic carbocycles. The monoisotopic (exact) mass is 265 g/mol. The lowest BCUT2D eigenvalue weighted by atomic mass is 10.1. The van der Waals surface area contributed by atoms with Crippen LogP contribution in [0.2, 0.25) is 0 Å². The van der Waals surface area contributed by atoms with Gasteiger partial charge in [-0.15, -0.1) is 0 Å². The Labute approximate surface area is 112 Å². The van der Waals surface area contributed by atoms with Gasteiger partial charge >= 0.3 is 0 Å². The topological polar surface area (TPSA) is 30.5 Å². The van der Waals surface area contributed by atoms with Crippen molar-refractivity contribution in [3.63, 3.8) is 0 Å². The Hall–Kier alpha value is -0.870. The Bertz CT molecular complexity index is 424. The third kappa shape index (κ3) is 2.45. The van der Waals surface area contributed by atoms with Crippen LogP contribution in [0.4, 0.5) is 0 Å². The smallest absolute Gasteiger partial charge is 0.231 e. The van der Waals surface area contributed by atoms with Crippen LogP contribution in [-0.4, -0.2) is 24.3 Å². The van der Waals surface area contributed by atoms with Crippen LogP contribution in [0, 0.1) is 0 Å². The summed E-state index contributed by atoms with van der Waals surface area (Å²) >= 11 is 1.99. The second kappa shape index (κ2) is 5.41. The number of hydrogen-bond acceptors (Lipinski definition) is 4. The lowest BCUT2D eigenvalue weighted by Gasteiger charge is -2.13. The van der Waals surface area contributed by atoms with Crippen LogP contribution in [0.3, 0.4) is 0 Å². The summed E-state index contributed by atoms with van der Waals surface area (Å²) in [5.41, 5.74) is 1.21. The van der Waals surface area contributed by atoms with Gasteiger partial charge in [0.05, 0.1) is 0 Å². The lowest BCUT2D eigenvalue weighted by molar-refractivity contribution is 0.173. The quantitative estimate of drug-likeness (QED) is 0.907. The minimum atomic E-state index is 0.352. The van der Waals surface area contributed by atoms with Crippen LogP contribution in [-0.2, 0) is 6.54 Å². The molecule has 1 saturated carbocycles. The van der Waals surface area contributed by atoms with E-state index in [1.807, 2.05) is 23.9 Å². The summed E-state index contributed by atoms with van der Waals surface area (Å²) in [5.74, 6) is 1.80. The number of benzene rings is 1. The maximum Gasteiger partial charge on any atom is 0.231 e. The second-order valence-corrected chi connectivity index (χ2v) is 6.04. The van der Waals surface area contributed by atoms with Crippen molar-refractivity contribution in [3.05, 3.63) is 23.8 Å². The van der Waals surface area contributed by atoms with E-state index in [4.69, 9.17) is 9.47 Å². The van der Waals surface area contributed by atoms with Gasteiger partial charge in [-0.2, -0.15) is 11.8 Å². The third-order valence-electron chi connectivity index (χ3n) is 3.78. The van der Waals surface area contributed by atoms with Crippen molar-refractivity contribution in [3.8, 4) is 11.5 Å². The van der Waals surface area contributed by atoms with Gasteiger partial charge in [-0.05, 0) is 31.6 Å². The number of para-hydroxylation sites is 1. The van der Waals surface area contributed by atoms with Gasteiger partial charge in [0.25, 0.3) is 0 Å². The second-order valence-electron chi connectivity index (χ2n) is 4.90. The first-order valence-electron chi connectivity index (χ1n) is 6.50. The Morgan fingerprint density at radius 3 is 3.11 bits per heavy atom. The van der Waals surface area contributed by atoms with Crippen LogP contribution >= 0.6 is 11.8 Å². The van der Waals surface area contributed by atoms with Gasteiger partial charge < -0.3 is 14.8 Å². The van der Waals surface area contributed by atoms with Crippen molar-refractivity contribution >= 4 is 11.8 Å². The molecule has 1 aliphatic heterocycles. The van der Waals surface area contributed by atoms with Crippen molar-refractivity contribution < 1.29 is 9.47 Å². The van der Waals surface area contributed by atoms with Crippen molar-refractivity contribution in [2.45, 2.75) is 37.1 Å². The van der Waals surface area contributed by atoms with Gasteiger partial charge in [-0.3, -0.25) is 0 Å². The Morgan fingerprint density at radius 1 is 1.33 bits per heavy atom. The number of nitrogens with one attached hydrogen (secondary N) is 1. The zero-order chi connectivity index (χ0) is 12.4. The molecule has 0 spiro atoms. The normalized spacial score (nSPS) is 25.6. The molecule has 1 aromatic carbocycles. The predicted octanol–water partition coefficient (Wildman–Crippen LogP) is 2.79. The SMILES string of the molecule is CSC1CCC(NCc2cccc3c2OCO3)C1. The van der Waals surface area contributed by atoms with Crippen LogP contribution in [0.1, 0.15) is 24.8 Å². The average molecular weight is 265 g/mol. The standard InChI is InChI=1S/C14H19NO2S/c1-18-12-6-5-11(7-12)15-8-10-3-2-4-13-14(10)17-9-16-13/h2-4,11-12,15H,5-9H2,1H3. The molecule has 0 bridgehead atoms. The van der Waals surface area contributed by atoms with E-state index in [2.05, 4.69) is 17.6 Å². The van der Waals surface area contributed by atoms with Crippen LogP contribution < -0.4 is 14.8 Å². The molecule has 2 aliphatic rings. The summed E-state index contributed by atoms with van der Waals surface area (Å²) in [4.78, 5) is 0. The molecule has 1 fully saturated rings. The van der Waals surface area contributed by atoms with Crippen molar-refractivity contribution in [2.24, 2.45) is 0 Å². The molecule has 18 heavy (non-hydrogen) atoms. The molecule has 3 rings (SSSR count). The van der Waals surface area contributed by atoms with Gasteiger partial charge in [-0.25, -0.2) is 0 Å². The highest BCUT2D eigenvalue weighted by atomic mass is 32.2. The number of rotatable bonds is 4. The molecular weight excluding hydrogens is 246 g/mol. The van der Waals surface area contributed by atoms with E-state index in [0.29, 0.717) is 12.8 Å². The third-order valence-corrected chi connectivity index (χ3v) is 4.87. The molecule has 2 unspecified atom stereocenters. The van der Waals surface area contributed by atoms with E-state index in [-0.39, 0.29) is 0 Å². The van der Waals surface area contributed by atoms with Gasteiger partial charge in [0.2, 0.25) is 6.79 Å². The summed E-state index contributed by atoms with van der Waals surface area (Å²) in [6.45, 7) is 1.22. The first-order valence-corrected chi connectivity index (χ1v) is 7.79. The Balaban J connectivity index is 1.59. The summed E-state index contributed by atoms with van der Waals surface area (Å²) in [5, 5.41) is 4.48. The zero-order valence-corrected chi connectivity index (χ0v) is 11.5. The molecular formula is C14H19NO2S. The fourth-order valence-electron chi connectivity index (χ4n) is 2.72. The Morgan fingerprint density at radius 2 is 2.28 bits per heavy atom. The van der Waals surface area contributed by atoms with Crippen molar-refractivity contribution in [2.75, 3.05) is 13.0 Å². The summed E-state index contributed by atoms with van der Waals surface area (Å²) in [6, 6.07) is 6.76. The number of hydrogen-bond donors (Lipinski definition) is 1. The highest BCUT2D eigenvalue weighted by Gasteiger charge is 2.24. The lowest BCUT2D eigenvalue weighted by Crippen LogP contribution is -2.26. The van der Waals surface area contributed by atoms with Crippen LogP contribution in [0.25, 0.3) is 0 Å². The minimum absolute atomic E-state index is 0.352. The molecule has 0 amide bonds. The fourth-order valence-corrected chi connectivity index (χ4v) is 3.52. The maximum absolute atomic E-state index is 5.52. The summed E-state index contributed by atoms with van der Waals surface area (Å²) < 4.78 is 10.9. The van der Waals surface area contributed by atoms with E-state index in [0.717, 1.165) is 23.3 Å². The zero-order valence-electron chi connectivity index (χ0n) is 10.6. The molecule has 0 aromatic heterocycles. The molecule has 98 valence electrons. The molecule has 1 N–H and O–H groups in total. The molecule has 2 atom stereocenters. The molecule has 1 aromatic rings. The predicted molar refractivity (Wildman–Crippen MR) is 74.3 cm³/mol. The van der Waals surface area contributed by atoms with Gasteiger partial charge in [0, 0.05) is 23.4 Å². The average Bonchev–Trinajstić information content (AvgIpc) is 3.05. The van der Waals surface area contributed by atoms with Crippen molar-refractivity contribution in [1.82, 2.24) is 5.32 Å².